The van der Waals surface area contributed by atoms with Crippen molar-refractivity contribution in [3.05, 3.63) is 0 Å². The Kier molecular flexibility index (Phi) is 9.88. The van der Waals surface area contributed by atoms with Crippen molar-refractivity contribution >= 4 is 23.9 Å². The third kappa shape index (κ3) is 6.45. The van der Waals surface area contributed by atoms with E-state index in [1.807, 2.05) is 0 Å². The molecule has 0 spiro atoms. The standard InChI is InChI=1S/C18H28O10/c1-5-11(20)25-15-10(9-19)24-18(28-14(23)8-4)17(27-13(22)7-3)16(15)26-12(21)6-2/h10,15-19H,5-9H2,1-4H3/t10-,15-,16+,17-,18+/m1/s1. The van der Waals surface area contributed by atoms with Crippen LogP contribution in [0, 0.1) is 0 Å². The molecule has 0 aliphatic carbocycles. The molecule has 1 heterocycles. The highest BCUT2D eigenvalue weighted by Gasteiger charge is 2.53. The Hall–Kier alpha value is -2.20. The molecule has 1 aliphatic heterocycles. The van der Waals surface area contributed by atoms with Crippen LogP contribution in [0.5, 0.6) is 0 Å². The Labute approximate surface area is 163 Å². The van der Waals surface area contributed by atoms with E-state index in [1.54, 1.807) is 27.7 Å². The van der Waals surface area contributed by atoms with E-state index >= 15 is 0 Å². The van der Waals surface area contributed by atoms with Gasteiger partial charge >= 0.3 is 23.9 Å². The summed E-state index contributed by atoms with van der Waals surface area (Å²) in [5.41, 5.74) is 0. The first-order valence-corrected chi connectivity index (χ1v) is 9.35. The number of hydrogen-bond donors (Lipinski definition) is 1. The molecular weight excluding hydrogens is 376 g/mol. The SMILES string of the molecule is CCC(=O)O[C@@H]1O[C@H](CO)[C@@H](OC(=O)CC)[C@H](OC(=O)CC)[C@H]1OC(=O)CC. The van der Waals surface area contributed by atoms with Crippen LogP contribution in [0.25, 0.3) is 0 Å². The smallest absolute Gasteiger partial charge is 0.307 e. The first kappa shape index (κ1) is 23.8. The second-order valence-corrected chi connectivity index (χ2v) is 5.99. The molecule has 0 aromatic heterocycles. The molecule has 0 amide bonds. The molecule has 1 saturated heterocycles. The fourth-order valence-electron chi connectivity index (χ4n) is 2.44. The third-order valence-electron chi connectivity index (χ3n) is 3.98. The molecule has 10 nitrogen and oxygen atoms in total. The molecular formula is C18H28O10. The lowest BCUT2D eigenvalue weighted by molar-refractivity contribution is -0.300. The van der Waals surface area contributed by atoms with E-state index in [4.69, 9.17) is 23.7 Å². The lowest BCUT2D eigenvalue weighted by Crippen LogP contribution is -2.63. The van der Waals surface area contributed by atoms with Crippen molar-refractivity contribution in [2.45, 2.75) is 84.1 Å². The normalized spacial score (nSPS) is 26.8. The van der Waals surface area contributed by atoms with Crippen LogP contribution in [0.4, 0.5) is 0 Å². The lowest BCUT2D eigenvalue weighted by Gasteiger charge is -2.43. The fourth-order valence-corrected chi connectivity index (χ4v) is 2.44. The predicted molar refractivity (Wildman–Crippen MR) is 92.6 cm³/mol. The van der Waals surface area contributed by atoms with Gasteiger partial charge in [0.05, 0.1) is 6.61 Å². The third-order valence-corrected chi connectivity index (χ3v) is 3.98. The number of hydrogen-bond acceptors (Lipinski definition) is 10. The number of aliphatic hydroxyl groups is 1. The molecule has 160 valence electrons. The van der Waals surface area contributed by atoms with Gasteiger partial charge in [-0.05, 0) is 0 Å². The Morgan fingerprint density at radius 2 is 1.07 bits per heavy atom. The predicted octanol–water partition coefficient (Wildman–Crippen LogP) is 0.622. The molecule has 1 aliphatic rings. The highest BCUT2D eigenvalue weighted by Crippen LogP contribution is 2.30. The Balaban J connectivity index is 3.30. The monoisotopic (exact) mass is 404 g/mol. The first-order valence-electron chi connectivity index (χ1n) is 9.35. The molecule has 0 saturated carbocycles. The summed E-state index contributed by atoms with van der Waals surface area (Å²) in [7, 11) is 0. The molecule has 0 aromatic rings. The average molecular weight is 404 g/mol. The van der Waals surface area contributed by atoms with Gasteiger partial charge in [0.1, 0.15) is 6.10 Å². The van der Waals surface area contributed by atoms with Gasteiger partial charge in [-0.2, -0.15) is 0 Å². The van der Waals surface area contributed by atoms with E-state index < -0.39 is 61.2 Å². The number of rotatable bonds is 9. The number of aliphatic hydroxyl groups excluding tert-OH is 1. The zero-order chi connectivity index (χ0) is 21.3. The summed E-state index contributed by atoms with van der Waals surface area (Å²) in [4.78, 5) is 47.5. The summed E-state index contributed by atoms with van der Waals surface area (Å²) in [5.74, 6) is -2.59. The molecule has 0 aromatic carbocycles. The Morgan fingerprint density at radius 1 is 0.679 bits per heavy atom. The molecule has 1 N–H and O–H groups in total. The van der Waals surface area contributed by atoms with Gasteiger partial charge in [0.15, 0.2) is 12.2 Å². The minimum absolute atomic E-state index is 0.00221. The van der Waals surface area contributed by atoms with E-state index in [2.05, 4.69) is 0 Å². The molecule has 1 fully saturated rings. The van der Waals surface area contributed by atoms with Crippen LogP contribution >= 0.6 is 0 Å². The van der Waals surface area contributed by atoms with Gasteiger partial charge in [0.2, 0.25) is 12.4 Å². The van der Waals surface area contributed by atoms with Crippen LogP contribution in [0.15, 0.2) is 0 Å². The van der Waals surface area contributed by atoms with Gasteiger partial charge in [-0.1, -0.05) is 27.7 Å². The van der Waals surface area contributed by atoms with Gasteiger partial charge in [-0.15, -0.1) is 0 Å². The second-order valence-electron chi connectivity index (χ2n) is 5.99. The maximum Gasteiger partial charge on any atom is 0.307 e. The van der Waals surface area contributed by atoms with E-state index in [1.165, 1.54) is 0 Å². The topological polar surface area (TPSA) is 135 Å². The maximum absolute atomic E-state index is 11.9. The molecule has 0 unspecified atom stereocenters. The van der Waals surface area contributed by atoms with E-state index in [0.717, 1.165) is 0 Å². The number of esters is 4. The van der Waals surface area contributed by atoms with Gasteiger partial charge in [0, 0.05) is 25.7 Å². The summed E-state index contributed by atoms with van der Waals surface area (Å²) < 4.78 is 26.7. The highest BCUT2D eigenvalue weighted by molar-refractivity contribution is 5.72. The van der Waals surface area contributed by atoms with Crippen LogP contribution in [-0.4, -0.2) is 66.3 Å². The van der Waals surface area contributed by atoms with E-state index in [-0.39, 0.29) is 25.7 Å². The molecule has 5 atom stereocenters. The Morgan fingerprint density at radius 3 is 1.50 bits per heavy atom. The summed E-state index contributed by atoms with van der Waals surface area (Å²) >= 11 is 0. The summed E-state index contributed by atoms with van der Waals surface area (Å²) in [5, 5.41) is 9.67. The lowest BCUT2D eigenvalue weighted by atomic mass is 9.98. The van der Waals surface area contributed by atoms with E-state index in [9.17, 15) is 24.3 Å². The number of carbonyl (C=O) groups is 4. The van der Waals surface area contributed by atoms with Crippen LogP contribution in [0.2, 0.25) is 0 Å². The molecule has 1 rings (SSSR count). The van der Waals surface area contributed by atoms with Crippen molar-refractivity contribution in [2.75, 3.05) is 6.61 Å². The Bertz CT molecular complexity index is 561. The van der Waals surface area contributed by atoms with Crippen LogP contribution in [-0.2, 0) is 42.9 Å². The van der Waals surface area contributed by atoms with Crippen LogP contribution < -0.4 is 0 Å². The van der Waals surface area contributed by atoms with Gasteiger partial charge in [-0.3, -0.25) is 19.2 Å². The van der Waals surface area contributed by atoms with Gasteiger partial charge in [0.25, 0.3) is 0 Å². The zero-order valence-corrected chi connectivity index (χ0v) is 16.5. The minimum Gasteiger partial charge on any atom is -0.455 e. The quantitative estimate of drug-likeness (QED) is 0.430. The summed E-state index contributed by atoms with van der Waals surface area (Å²) in [6.45, 7) is 5.61. The molecule has 10 heteroatoms. The average Bonchev–Trinajstić information content (AvgIpc) is 2.70. The molecule has 0 radical (unpaired) electrons. The number of carbonyl (C=O) groups excluding carboxylic acids is 4. The van der Waals surface area contributed by atoms with Crippen LogP contribution in [0.3, 0.4) is 0 Å². The molecule has 28 heavy (non-hydrogen) atoms. The largest absolute Gasteiger partial charge is 0.455 e. The van der Waals surface area contributed by atoms with Crippen molar-refractivity contribution in [3.63, 3.8) is 0 Å². The fraction of sp³-hybridized carbons (Fsp3) is 0.778. The van der Waals surface area contributed by atoms with Crippen molar-refractivity contribution in [2.24, 2.45) is 0 Å². The first-order chi connectivity index (χ1) is 13.3. The number of ether oxygens (including phenoxy) is 5. The highest BCUT2D eigenvalue weighted by atomic mass is 16.7. The second kappa shape index (κ2) is 11.6. The van der Waals surface area contributed by atoms with Crippen molar-refractivity contribution < 1.29 is 48.0 Å². The van der Waals surface area contributed by atoms with Crippen molar-refractivity contribution in [1.82, 2.24) is 0 Å². The summed E-state index contributed by atoms with van der Waals surface area (Å²) in [6.07, 6.45) is -6.48. The molecule has 0 bridgehead atoms. The summed E-state index contributed by atoms with van der Waals surface area (Å²) in [6, 6.07) is 0. The van der Waals surface area contributed by atoms with Crippen molar-refractivity contribution in [3.8, 4) is 0 Å². The van der Waals surface area contributed by atoms with E-state index in [0.29, 0.717) is 0 Å². The van der Waals surface area contributed by atoms with Gasteiger partial charge < -0.3 is 28.8 Å². The maximum atomic E-state index is 11.9. The van der Waals surface area contributed by atoms with Crippen molar-refractivity contribution in [1.29, 1.82) is 0 Å². The zero-order valence-electron chi connectivity index (χ0n) is 16.5. The minimum atomic E-state index is -1.44. The van der Waals surface area contributed by atoms with Crippen LogP contribution in [0.1, 0.15) is 53.4 Å². The van der Waals surface area contributed by atoms with Gasteiger partial charge in [-0.25, -0.2) is 0 Å².